The number of nitrogens with zero attached hydrogens (tertiary/aromatic N) is 1. The fourth-order valence-corrected chi connectivity index (χ4v) is 4.94. The fraction of sp³-hybridized carbons (Fsp3) is 0.294. The minimum absolute atomic E-state index is 0.114. The van der Waals surface area contributed by atoms with E-state index in [-0.39, 0.29) is 31.2 Å². The second-order valence-electron chi connectivity index (χ2n) is 6.05. The van der Waals surface area contributed by atoms with Crippen molar-refractivity contribution < 1.29 is 38.9 Å². The van der Waals surface area contributed by atoms with Gasteiger partial charge in [0.15, 0.2) is 0 Å². The molecule has 0 aliphatic carbocycles. The molecular weight excluding hydrogens is 435 g/mol. The van der Waals surface area contributed by atoms with Crippen LogP contribution in [0.3, 0.4) is 0 Å². The van der Waals surface area contributed by atoms with Crippen LogP contribution in [0.1, 0.15) is 5.56 Å². The molecule has 3 rings (SSSR count). The molecule has 7 nitrogen and oxygen atoms in total. The first kappa shape index (κ1) is 21.6. The highest BCUT2D eigenvalue weighted by molar-refractivity contribution is 7.89. The molecule has 1 heterocycles. The zero-order valence-electron chi connectivity index (χ0n) is 14.8. The van der Waals surface area contributed by atoms with E-state index in [0.29, 0.717) is 6.07 Å². The summed E-state index contributed by atoms with van der Waals surface area (Å²) < 4.78 is 99.2. The van der Waals surface area contributed by atoms with Gasteiger partial charge in [-0.3, -0.25) is 0 Å². The highest BCUT2D eigenvalue weighted by atomic mass is 32.2. The molecular formula is C17H16F3NO6S2. The normalized spacial score (nSPS) is 16.5. The van der Waals surface area contributed by atoms with Gasteiger partial charge in [-0.25, -0.2) is 8.42 Å². The number of sulfonamides is 1. The molecule has 1 saturated heterocycles. The van der Waals surface area contributed by atoms with Gasteiger partial charge in [-0.15, -0.1) is 0 Å². The molecule has 2 aromatic carbocycles. The van der Waals surface area contributed by atoms with Crippen molar-refractivity contribution in [2.24, 2.45) is 0 Å². The van der Waals surface area contributed by atoms with Crippen LogP contribution in [0, 0.1) is 0 Å². The van der Waals surface area contributed by atoms with Gasteiger partial charge in [0, 0.05) is 13.1 Å². The van der Waals surface area contributed by atoms with E-state index < -0.39 is 42.5 Å². The highest BCUT2D eigenvalue weighted by Gasteiger charge is 2.31. The summed E-state index contributed by atoms with van der Waals surface area (Å²) in [6, 6.07) is 7.70. The minimum Gasteiger partial charge on any atom is -0.379 e. The maximum Gasteiger partial charge on any atom is 0.416 e. The Hall–Kier alpha value is -2.15. The number of rotatable bonds is 5. The molecule has 0 saturated carbocycles. The largest absolute Gasteiger partial charge is 0.416 e. The van der Waals surface area contributed by atoms with Crippen LogP contribution in [0.5, 0.6) is 5.75 Å². The highest BCUT2D eigenvalue weighted by Crippen LogP contribution is 2.32. The molecule has 0 atom stereocenters. The first-order chi connectivity index (χ1) is 13.5. The van der Waals surface area contributed by atoms with E-state index in [4.69, 9.17) is 8.92 Å². The summed E-state index contributed by atoms with van der Waals surface area (Å²) in [5, 5.41) is 0. The van der Waals surface area contributed by atoms with Crippen LogP contribution in [-0.2, 0) is 31.1 Å². The molecule has 1 aliphatic heterocycles. The SMILES string of the molecule is O=S(=O)(Oc1cccc(C(F)(F)F)c1)c1ccc(S(=O)(=O)N2CCOCC2)cc1. The quantitative estimate of drug-likeness (QED) is 0.649. The molecule has 29 heavy (non-hydrogen) atoms. The maximum atomic E-state index is 12.8. The summed E-state index contributed by atoms with van der Waals surface area (Å²) in [5.74, 6) is -0.509. The van der Waals surface area contributed by atoms with E-state index in [1.165, 1.54) is 4.31 Å². The average molecular weight is 451 g/mol. The number of hydrogen-bond acceptors (Lipinski definition) is 6. The van der Waals surface area contributed by atoms with Gasteiger partial charge in [-0.1, -0.05) is 6.07 Å². The third-order valence-electron chi connectivity index (χ3n) is 4.09. The molecule has 0 bridgehead atoms. The van der Waals surface area contributed by atoms with Gasteiger partial charge in [0.1, 0.15) is 10.6 Å². The summed E-state index contributed by atoms with van der Waals surface area (Å²) in [7, 11) is -8.27. The van der Waals surface area contributed by atoms with Gasteiger partial charge in [0.2, 0.25) is 10.0 Å². The zero-order valence-corrected chi connectivity index (χ0v) is 16.4. The summed E-state index contributed by atoms with van der Waals surface area (Å²) >= 11 is 0. The third-order valence-corrected chi connectivity index (χ3v) is 7.26. The number of ether oxygens (including phenoxy) is 1. The Morgan fingerprint density at radius 3 is 2.07 bits per heavy atom. The van der Waals surface area contributed by atoms with E-state index in [2.05, 4.69) is 0 Å². The molecule has 2 aromatic rings. The van der Waals surface area contributed by atoms with Crippen LogP contribution in [0.4, 0.5) is 13.2 Å². The predicted octanol–water partition coefficient (Wildman–Crippen LogP) is 2.49. The number of hydrogen-bond donors (Lipinski definition) is 0. The molecule has 1 fully saturated rings. The van der Waals surface area contributed by atoms with Gasteiger partial charge >= 0.3 is 16.3 Å². The predicted molar refractivity (Wildman–Crippen MR) is 95.3 cm³/mol. The van der Waals surface area contributed by atoms with E-state index in [1.54, 1.807) is 0 Å². The standard InChI is InChI=1S/C17H16F3NO6S2/c18-17(19,20)13-2-1-3-14(12-13)27-29(24,25)16-6-4-15(5-7-16)28(22,23)21-8-10-26-11-9-21/h1-7,12H,8-11H2. The molecule has 12 heteroatoms. The summed E-state index contributed by atoms with van der Waals surface area (Å²) in [6.07, 6.45) is -4.65. The molecule has 158 valence electrons. The van der Waals surface area contributed by atoms with Gasteiger partial charge in [-0.05, 0) is 42.5 Å². The number of benzene rings is 2. The Morgan fingerprint density at radius 1 is 0.897 bits per heavy atom. The Morgan fingerprint density at radius 2 is 1.48 bits per heavy atom. The third kappa shape index (κ3) is 4.89. The van der Waals surface area contributed by atoms with Crippen LogP contribution in [0.25, 0.3) is 0 Å². The molecule has 0 aromatic heterocycles. The van der Waals surface area contributed by atoms with Gasteiger partial charge in [-0.2, -0.15) is 25.9 Å². The van der Waals surface area contributed by atoms with Gasteiger partial charge in [0.25, 0.3) is 0 Å². The monoisotopic (exact) mass is 451 g/mol. The summed E-state index contributed by atoms with van der Waals surface area (Å²) in [5.41, 5.74) is -1.06. The lowest BCUT2D eigenvalue weighted by Gasteiger charge is -2.26. The van der Waals surface area contributed by atoms with Crippen molar-refractivity contribution in [2.45, 2.75) is 16.0 Å². The zero-order chi connectivity index (χ0) is 21.3. The van der Waals surface area contributed by atoms with Gasteiger partial charge in [0.05, 0.1) is 23.7 Å². The van der Waals surface area contributed by atoms with E-state index in [1.807, 2.05) is 0 Å². The first-order valence-electron chi connectivity index (χ1n) is 8.30. The minimum atomic E-state index is -4.65. The van der Waals surface area contributed by atoms with E-state index in [9.17, 15) is 30.0 Å². The summed E-state index contributed by atoms with van der Waals surface area (Å²) in [6.45, 7) is 0.884. The average Bonchev–Trinajstić information content (AvgIpc) is 2.68. The smallest absolute Gasteiger partial charge is 0.379 e. The van der Waals surface area contributed by atoms with Crippen LogP contribution in [0.2, 0.25) is 0 Å². The molecule has 0 spiro atoms. The van der Waals surface area contributed by atoms with E-state index in [0.717, 1.165) is 42.5 Å². The van der Waals surface area contributed by atoms with Crippen LogP contribution in [-0.4, -0.2) is 47.4 Å². The first-order valence-corrected chi connectivity index (χ1v) is 11.1. The molecule has 0 N–H and O–H groups in total. The lowest BCUT2D eigenvalue weighted by molar-refractivity contribution is -0.137. The molecule has 1 aliphatic rings. The van der Waals surface area contributed by atoms with Crippen molar-refractivity contribution in [3.8, 4) is 5.75 Å². The van der Waals surface area contributed by atoms with Crippen molar-refractivity contribution in [3.63, 3.8) is 0 Å². The lowest BCUT2D eigenvalue weighted by Crippen LogP contribution is -2.40. The maximum absolute atomic E-state index is 12.8. The van der Waals surface area contributed by atoms with Crippen LogP contribution in [0.15, 0.2) is 58.3 Å². The van der Waals surface area contributed by atoms with Crippen LogP contribution < -0.4 is 4.18 Å². The van der Waals surface area contributed by atoms with Crippen molar-refractivity contribution in [2.75, 3.05) is 26.3 Å². The van der Waals surface area contributed by atoms with Crippen molar-refractivity contribution >= 4 is 20.1 Å². The summed E-state index contributed by atoms with van der Waals surface area (Å²) in [4.78, 5) is -0.506. The Labute approximate surface area is 165 Å². The van der Waals surface area contributed by atoms with Crippen LogP contribution >= 0.6 is 0 Å². The Balaban J connectivity index is 1.82. The van der Waals surface area contributed by atoms with Crippen molar-refractivity contribution in [1.82, 2.24) is 4.31 Å². The Kier molecular flexibility index (Phi) is 5.90. The van der Waals surface area contributed by atoms with Crippen molar-refractivity contribution in [1.29, 1.82) is 0 Å². The lowest BCUT2D eigenvalue weighted by atomic mass is 10.2. The second-order valence-corrected chi connectivity index (χ2v) is 9.54. The molecule has 0 radical (unpaired) electrons. The van der Waals surface area contributed by atoms with E-state index >= 15 is 0 Å². The van der Waals surface area contributed by atoms with Crippen molar-refractivity contribution in [3.05, 3.63) is 54.1 Å². The molecule has 0 amide bonds. The second kappa shape index (κ2) is 7.94. The topological polar surface area (TPSA) is 90.0 Å². The Bertz CT molecular complexity index is 1080. The number of alkyl halides is 3. The number of halogens is 3. The molecule has 0 unspecified atom stereocenters. The van der Waals surface area contributed by atoms with Gasteiger partial charge < -0.3 is 8.92 Å². The number of morpholine rings is 1. The fourth-order valence-electron chi connectivity index (χ4n) is 2.61.